The molecule has 0 fully saturated rings. The molecule has 1 aromatic heterocycles. The average molecular weight is 216 g/mol. The third kappa shape index (κ3) is 3.46. The molecule has 1 heterocycles. The molecule has 0 N–H and O–H groups in total. The van der Waals surface area contributed by atoms with Crippen molar-refractivity contribution in [3.63, 3.8) is 0 Å². The minimum atomic E-state index is 0.286. The van der Waals surface area contributed by atoms with E-state index in [4.69, 9.17) is 16.1 Å². The lowest BCUT2D eigenvalue weighted by Crippen LogP contribution is -1.99. The van der Waals surface area contributed by atoms with E-state index in [9.17, 15) is 0 Å². The molecule has 1 aromatic rings. The number of aromatic nitrogens is 2. The van der Waals surface area contributed by atoms with Gasteiger partial charge in [-0.2, -0.15) is 4.98 Å². The molecule has 0 bridgehead atoms. The summed E-state index contributed by atoms with van der Waals surface area (Å²) in [7, 11) is 0. The zero-order chi connectivity index (χ0) is 10.4. The Labute approximate surface area is 88.4 Å². The van der Waals surface area contributed by atoms with Gasteiger partial charge in [0.25, 0.3) is 0 Å². The molecule has 0 aliphatic heterocycles. The largest absolute Gasteiger partial charge is 0.339 e. The first-order chi connectivity index (χ1) is 6.76. The maximum absolute atomic E-state index is 5.55. The molecular formula is C9H14ClN3O. The summed E-state index contributed by atoms with van der Waals surface area (Å²) in [5.41, 5.74) is 1.01. The maximum atomic E-state index is 5.55. The molecule has 14 heavy (non-hydrogen) atoms. The topological polar surface area (TPSA) is 51.3 Å². The van der Waals surface area contributed by atoms with Crippen molar-refractivity contribution in [3.8, 4) is 0 Å². The van der Waals surface area contributed by atoms with Crippen molar-refractivity contribution in [2.75, 3.05) is 6.54 Å². The highest BCUT2D eigenvalue weighted by Gasteiger charge is 2.05. The van der Waals surface area contributed by atoms with E-state index in [1.807, 2.05) is 6.92 Å². The first-order valence-corrected chi connectivity index (χ1v) is 5.17. The molecule has 0 aliphatic rings. The summed E-state index contributed by atoms with van der Waals surface area (Å²) in [5.74, 6) is 1.40. The number of rotatable bonds is 5. The predicted octanol–water partition coefficient (Wildman–Crippen LogP) is 2.22. The molecule has 4 nitrogen and oxygen atoms in total. The van der Waals surface area contributed by atoms with Gasteiger partial charge in [-0.1, -0.05) is 12.1 Å². The maximum Gasteiger partial charge on any atom is 0.232 e. The Morgan fingerprint density at radius 3 is 2.93 bits per heavy atom. The minimum absolute atomic E-state index is 0.286. The van der Waals surface area contributed by atoms with Crippen LogP contribution in [0, 0.1) is 0 Å². The standard InChI is InChI=1S/C9H14ClN3O/c1-3-4-11-7(2)5-9-12-8(6-10)13-14-9/h3-6H2,1-2H3. The zero-order valence-corrected chi connectivity index (χ0v) is 9.21. The summed E-state index contributed by atoms with van der Waals surface area (Å²) in [6.07, 6.45) is 1.66. The number of hydrogen-bond acceptors (Lipinski definition) is 4. The molecule has 0 saturated heterocycles. The van der Waals surface area contributed by atoms with Gasteiger partial charge in [0, 0.05) is 12.3 Å². The second kappa shape index (κ2) is 5.75. The zero-order valence-electron chi connectivity index (χ0n) is 8.46. The van der Waals surface area contributed by atoms with E-state index in [1.165, 1.54) is 0 Å². The Kier molecular flexibility index (Phi) is 4.59. The van der Waals surface area contributed by atoms with Crippen LogP contribution in [0.5, 0.6) is 0 Å². The SMILES string of the molecule is CCCN=C(C)Cc1nc(CCl)no1. The molecule has 0 saturated carbocycles. The van der Waals surface area contributed by atoms with Crippen LogP contribution in [0.3, 0.4) is 0 Å². The summed E-state index contributed by atoms with van der Waals surface area (Å²) in [6.45, 7) is 4.90. The van der Waals surface area contributed by atoms with Crippen molar-refractivity contribution >= 4 is 17.3 Å². The molecule has 1 rings (SSSR count). The monoisotopic (exact) mass is 215 g/mol. The first kappa shape index (κ1) is 11.2. The van der Waals surface area contributed by atoms with Crippen LogP contribution in [-0.4, -0.2) is 22.4 Å². The van der Waals surface area contributed by atoms with Gasteiger partial charge in [0.2, 0.25) is 5.89 Å². The van der Waals surface area contributed by atoms with E-state index in [1.54, 1.807) is 0 Å². The Morgan fingerprint density at radius 2 is 2.36 bits per heavy atom. The quantitative estimate of drug-likeness (QED) is 0.559. The summed E-state index contributed by atoms with van der Waals surface area (Å²) in [5, 5.41) is 3.69. The number of alkyl halides is 1. The Morgan fingerprint density at radius 1 is 1.57 bits per heavy atom. The van der Waals surface area contributed by atoms with Crippen LogP contribution in [0.1, 0.15) is 32.0 Å². The Balaban J connectivity index is 2.51. The second-order valence-electron chi connectivity index (χ2n) is 3.03. The summed E-state index contributed by atoms with van der Waals surface area (Å²) in [4.78, 5) is 8.42. The highest BCUT2D eigenvalue weighted by Crippen LogP contribution is 2.02. The van der Waals surface area contributed by atoms with Crippen molar-refractivity contribution in [1.29, 1.82) is 0 Å². The number of hydrogen-bond donors (Lipinski definition) is 0. The van der Waals surface area contributed by atoms with Crippen LogP contribution >= 0.6 is 11.6 Å². The fourth-order valence-corrected chi connectivity index (χ4v) is 1.10. The van der Waals surface area contributed by atoms with Gasteiger partial charge in [0.15, 0.2) is 5.82 Å². The summed E-state index contributed by atoms with van der Waals surface area (Å²) in [6, 6.07) is 0. The normalized spacial score (nSPS) is 12.1. The van der Waals surface area contributed by atoms with Gasteiger partial charge in [-0.15, -0.1) is 11.6 Å². The lowest BCUT2D eigenvalue weighted by atomic mass is 10.3. The molecule has 0 spiro atoms. The van der Waals surface area contributed by atoms with Gasteiger partial charge in [0.05, 0.1) is 12.3 Å². The van der Waals surface area contributed by atoms with Crippen LogP contribution < -0.4 is 0 Å². The first-order valence-electron chi connectivity index (χ1n) is 4.63. The van der Waals surface area contributed by atoms with Gasteiger partial charge >= 0.3 is 0 Å². The van der Waals surface area contributed by atoms with E-state index < -0.39 is 0 Å². The smallest absolute Gasteiger partial charge is 0.232 e. The highest BCUT2D eigenvalue weighted by molar-refractivity contribution is 6.16. The fourth-order valence-electron chi connectivity index (χ4n) is 0.994. The number of nitrogens with zero attached hydrogens (tertiary/aromatic N) is 3. The van der Waals surface area contributed by atoms with Crippen molar-refractivity contribution in [1.82, 2.24) is 10.1 Å². The van der Waals surface area contributed by atoms with Crippen molar-refractivity contribution in [2.45, 2.75) is 32.6 Å². The number of halogens is 1. The fraction of sp³-hybridized carbons (Fsp3) is 0.667. The van der Waals surface area contributed by atoms with Crippen LogP contribution in [0.2, 0.25) is 0 Å². The molecule has 0 aromatic carbocycles. The van der Waals surface area contributed by atoms with Gasteiger partial charge in [0.1, 0.15) is 0 Å². The van der Waals surface area contributed by atoms with E-state index in [2.05, 4.69) is 22.1 Å². The molecule has 0 aliphatic carbocycles. The summed E-state index contributed by atoms with van der Waals surface area (Å²) < 4.78 is 4.98. The van der Waals surface area contributed by atoms with Gasteiger partial charge in [-0.05, 0) is 13.3 Å². The van der Waals surface area contributed by atoms with Crippen LogP contribution in [0.15, 0.2) is 9.52 Å². The average Bonchev–Trinajstić information content (AvgIpc) is 2.62. The lowest BCUT2D eigenvalue weighted by Gasteiger charge is -1.94. The Bertz CT molecular complexity index is 309. The van der Waals surface area contributed by atoms with Crippen LogP contribution in [0.25, 0.3) is 0 Å². The molecule has 5 heteroatoms. The lowest BCUT2D eigenvalue weighted by molar-refractivity contribution is 0.384. The van der Waals surface area contributed by atoms with Gasteiger partial charge in [-0.3, -0.25) is 4.99 Å². The second-order valence-corrected chi connectivity index (χ2v) is 3.30. The van der Waals surface area contributed by atoms with Gasteiger partial charge in [-0.25, -0.2) is 0 Å². The van der Waals surface area contributed by atoms with E-state index >= 15 is 0 Å². The number of aliphatic imine (C=N–C) groups is 1. The summed E-state index contributed by atoms with van der Waals surface area (Å²) >= 11 is 5.55. The van der Waals surface area contributed by atoms with Gasteiger partial charge < -0.3 is 4.52 Å². The molecular weight excluding hydrogens is 202 g/mol. The Hall–Kier alpha value is -0.900. The van der Waals surface area contributed by atoms with Crippen LogP contribution in [0.4, 0.5) is 0 Å². The molecule has 0 radical (unpaired) electrons. The van der Waals surface area contributed by atoms with Crippen molar-refractivity contribution in [2.24, 2.45) is 4.99 Å². The molecule has 78 valence electrons. The molecule has 0 amide bonds. The third-order valence-corrected chi connectivity index (χ3v) is 1.88. The van der Waals surface area contributed by atoms with E-state index in [-0.39, 0.29) is 5.88 Å². The van der Waals surface area contributed by atoms with Crippen LogP contribution in [-0.2, 0) is 12.3 Å². The van der Waals surface area contributed by atoms with E-state index in [0.29, 0.717) is 18.1 Å². The molecule has 0 unspecified atom stereocenters. The van der Waals surface area contributed by atoms with Crippen molar-refractivity contribution < 1.29 is 4.52 Å². The minimum Gasteiger partial charge on any atom is -0.339 e. The third-order valence-electron chi connectivity index (χ3n) is 1.64. The van der Waals surface area contributed by atoms with Crippen molar-refractivity contribution in [3.05, 3.63) is 11.7 Å². The predicted molar refractivity (Wildman–Crippen MR) is 55.8 cm³/mol. The molecule has 0 atom stereocenters. The highest BCUT2D eigenvalue weighted by atomic mass is 35.5. The van der Waals surface area contributed by atoms with E-state index in [0.717, 1.165) is 18.7 Å².